The van der Waals surface area contributed by atoms with E-state index in [-0.39, 0.29) is 0 Å². The van der Waals surface area contributed by atoms with Crippen LogP contribution < -0.4 is 0 Å². The van der Waals surface area contributed by atoms with Crippen molar-refractivity contribution in [3.63, 3.8) is 0 Å². The van der Waals surface area contributed by atoms with Gasteiger partial charge in [-0.05, 0) is 17.7 Å². The van der Waals surface area contributed by atoms with Crippen molar-refractivity contribution >= 4 is 0 Å². The Morgan fingerprint density at radius 2 is 1.81 bits per heavy atom. The molecule has 0 radical (unpaired) electrons. The summed E-state index contributed by atoms with van der Waals surface area (Å²) in [7, 11) is 0. The van der Waals surface area contributed by atoms with Gasteiger partial charge in [0.05, 0.1) is 5.56 Å². The highest BCUT2D eigenvalue weighted by molar-refractivity contribution is 5.26. The fraction of sp³-hybridized carbons (Fsp3) is 0.200. The molecule has 0 aliphatic carbocycles. The number of nitrogens with zero attached hydrogens (tertiary/aromatic N) is 2. The molecule has 2 rings (SSSR count). The molecule has 2 aromatic rings. The second kappa shape index (κ2) is 3.96. The molecule has 1 aromatic heterocycles. The predicted octanol–water partition coefficient (Wildman–Crippen LogP) is 2.41. The summed E-state index contributed by atoms with van der Waals surface area (Å²) in [6, 6.07) is 4.97. The number of nitrogens with one attached hydrogen (secondary N) is 1. The van der Waals surface area contributed by atoms with Crippen LogP contribution in [0, 0.1) is 0 Å². The monoisotopic (exact) mass is 227 g/mol. The lowest BCUT2D eigenvalue weighted by Gasteiger charge is -2.06. The standard InChI is InChI=1S/C10H8F3N3/c11-10(12,13)8-3-1-7(2-4-8)5-9-14-6-15-16-9/h1-4,6H,5H2,(H,14,15,16). The summed E-state index contributed by atoms with van der Waals surface area (Å²) in [6.07, 6.45) is -2.44. The zero-order chi connectivity index (χ0) is 11.6. The molecular formula is C10H8F3N3. The molecule has 0 atom stereocenters. The molecule has 84 valence electrons. The number of halogens is 3. The smallest absolute Gasteiger partial charge is 0.266 e. The topological polar surface area (TPSA) is 41.6 Å². The lowest BCUT2D eigenvalue weighted by molar-refractivity contribution is -0.137. The molecule has 0 unspecified atom stereocenters. The number of rotatable bonds is 2. The molecule has 0 amide bonds. The lowest BCUT2D eigenvalue weighted by atomic mass is 10.1. The van der Waals surface area contributed by atoms with E-state index in [1.807, 2.05) is 0 Å². The van der Waals surface area contributed by atoms with Crippen molar-refractivity contribution in [1.82, 2.24) is 15.2 Å². The van der Waals surface area contributed by atoms with Gasteiger partial charge in [-0.1, -0.05) is 12.1 Å². The van der Waals surface area contributed by atoms with E-state index in [1.165, 1.54) is 18.5 Å². The molecule has 3 nitrogen and oxygen atoms in total. The molecule has 0 spiro atoms. The van der Waals surface area contributed by atoms with Gasteiger partial charge in [0.2, 0.25) is 0 Å². The third-order valence-corrected chi connectivity index (χ3v) is 2.11. The molecule has 0 aliphatic rings. The molecule has 1 N–H and O–H groups in total. The van der Waals surface area contributed by atoms with Crippen LogP contribution in [-0.4, -0.2) is 15.2 Å². The summed E-state index contributed by atoms with van der Waals surface area (Å²) in [5.74, 6) is 0.555. The summed E-state index contributed by atoms with van der Waals surface area (Å²) in [4.78, 5) is 3.89. The summed E-state index contributed by atoms with van der Waals surface area (Å²) in [5, 5.41) is 6.37. The molecular weight excluding hydrogens is 219 g/mol. The Morgan fingerprint density at radius 1 is 1.12 bits per heavy atom. The molecule has 6 heteroatoms. The van der Waals surface area contributed by atoms with E-state index >= 15 is 0 Å². The summed E-state index contributed by atoms with van der Waals surface area (Å²) in [5.41, 5.74) is 0.0961. The number of aromatic amines is 1. The minimum absolute atomic E-state index is 0.418. The number of aromatic nitrogens is 3. The molecule has 0 saturated carbocycles. The molecule has 0 bridgehead atoms. The maximum Gasteiger partial charge on any atom is 0.416 e. The van der Waals surface area contributed by atoms with E-state index in [0.717, 1.165) is 17.7 Å². The van der Waals surface area contributed by atoms with E-state index in [1.54, 1.807) is 0 Å². The van der Waals surface area contributed by atoms with Crippen molar-refractivity contribution in [2.75, 3.05) is 0 Å². The number of hydrogen-bond donors (Lipinski definition) is 1. The van der Waals surface area contributed by atoms with Gasteiger partial charge in [-0.2, -0.15) is 18.3 Å². The maximum atomic E-state index is 12.3. The average Bonchev–Trinajstić information content (AvgIpc) is 2.70. The average molecular weight is 227 g/mol. The van der Waals surface area contributed by atoms with Crippen molar-refractivity contribution < 1.29 is 13.2 Å². The molecule has 0 aliphatic heterocycles. The van der Waals surface area contributed by atoms with Crippen LogP contribution in [0.1, 0.15) is 17.0 Å². The fourth-order valence-electron chi connectivity index (χ4n) is 1.31. The van der Waals surface area contributed by atoms with Crippen LogP contribution in [0.4, 0.5) is 13.2 Å². The predicted molar refractivity (Wildman–Crippen MR) is 50.6 cm³/mol. The Bertz CT molecular complexity index is 445. The van der Waals surface area contributed by atoms with Crippen molar-refractivity contribution in [3.8, 4) is 0 Å². The van der Waals surface area contributed by atoms with Crippen LogP contribution in [0.25, 0.3) is 0 Å². The normalized spacial score (nSPS) is 11.7. The molecule has 16 heavy (non-hydrogen) atoms. The molecule has 0 fully saturated rings. The van der Waals surface area contributed by atoms with Crippen molar-refractivity contribution in [2.24, 2.45) is 0 Å². The highest BCUT2D eigenvalue weighted by atomic mass is 19.4. The first kappa shape index (κ1) is 10.7. The minimum atomic E-state index is -4.29. The third kappa shape index (κ3) is 2.39. The van der Waals surface area contributed by atoms with Gasteiger partial charge in [-0.3, -0.25) is 5.10 Å². The van der Waals surface area contributed by atoms with E-state index in [4.69, 9.17) is 0 Å². The van der Waals surface area contributed by atoms with Crippen molar-refractivity contribution in [1.29, 1.82) is 0 Å². The van der Waals surface area contributed by atoms with Gasteiger partial charge in [0, 0.05) is 6.42 Å². The van der Waals surface area contributed by atoms with Gasteiger partial charge in [-0.15, -0.1) is 0 Å². The lowest BCUT2D eigenvalue weighted by Crippen LogP contribution is -2.04. The summed E-state index contributed by atoms with van der Waals surface area (Å²) in [6.45, 7) is 0. The highest BCUT2D eigenvalue weighted by Crippen LogP contribution is 2.29. The molecule has 0 saturated heterocycles. The Hall–Kier alpha value is -1.85. The first-order chi connectivity index (χ1) is 7.55. The van der Waals surface area contributed by atoms with Gasteiger partial charge in [0.1, 0.15) is 6.33 Å². The Labute approximate surface area is 89.3 Å². The van der Waals surface area contributed by atoms with E-state index in [9.17, 15) is 13.2 Å². The van der Waals surface area contributed by atoms with Gasteiger partial charge < -0.3 is 0 Å². The Morgan fingerprint density at radius 3 is 2.31 bits per heavy atom. The van der Waals surface area contributed by atoms with Gasteiger partial charge >= 0.3 is 6.18 Å². The number of hydrogen-bond acceptors (Lipinski definition) is 2. The van der Waals surface area contributed by atoms with Gasteiger partial charge in [0.15, 0.2) is 5.82 Å². The molecule has 1 aromatic carbocycles. The van der Waals surface area contributed by atoms with Gasteiger partial charge in [-0.25, -0.2) is 4.98 Å². The zero-order valence-electron chi connectivity index (χ0n) is 8.12. The summed E-state index contributed by atoms with van der Waals surface area (Å²) >= 11 is 0. The number of benzene rings is 1. The van der Waals surface area contributed by atoms with Crippen LogP contribution in [0.2, 0.25) is 0 Å². The second-order valence-corrected chi connectivity index (χ2v) is 3.29. The number of alkyl halides is 3. The molecule has 1 heterocycles. The number of H-pyrrole nitrogens is 1. The summed E-state index contributed by atoms with van der Waals surface area (Å²) < 4.78 is 36.8. The van der Waals surface area contributed by atoms with Crippen LogP contribution in [-0.2, 0) is 12.6 Å². The first-order valence-electron chi connectivity index (χ1n) is 4.56. The first-order valence-corrected chi connectivity index (χ1v) is 4.56. The van der Waals surface area contributed by atoms with Crippen LogP contribution >= 0.6 is 0 Å². The van der Waals surface area contributed by atoms with E-state index < -0.39 is 11.7 Å². The van der Waals surface area contributed by atoms with Crippen molar-refractivity contribution in [2.45, 2.75) is 12.6 Å². The maximum absolute atomic E-state index is 12.3. The zero-order valence-corrected chi connectivity index (χ0v) is 8.12. The van der Waals surface area contributed by atoms with Crippen molar-refractivity contribution in [3.05, 3.63) is 47.5 Å². The van der Waals surface area contributed by atoms with Crippen LogP contribution in [0.5, 0.6) is 0 Å². The van der Waals surface area contributed by atoms with E-state index in [0.29, 0.717) is 12.2 Å². The van der Waals surface area contributed by atoms with Crippen LogP contribution in [0.15, 0.2) is 30.6 Å². The Balaban J connectivity index is 2.14. The SMILES string of the molecule is FC(F)(F)c1ccc(Cc2nc[nH]n2)cc1. The van der Waals surface area contributed by atoms with Gasteiger partial charge in [0.25, 0.3) is 0 Å². The quantitative estimate of drug-likeness (QED) is 0.855. The Kier molecular flexibility index (Phi) is 2.64. The fourth-order valence-corrected chi connectivity index (χ4v) is 1.31. The minimum Gasteiger partial charge on any atom is -0.266 e. The second-order valence-electron chi connectivity index (χ2n) is 3.29. The van der Waals surface area contributed by atoms with E-state index in [2.05, 4.69) is 15.2 Å². The van der Waals surface area contributed by atoms with Crippen LogP contribution in [0.3, 0.4) is 0 Å². The highest BCUT2D eigenvalue weighted by Gasteiger charge is 2.29. The third-order valence-electron chi connectivity index (χ3n) is 2.11. The largest absolute Gasteiger partial charge is 0.416 e.